The zero-order valence-electron chi connectivity index (χ0n) is 7.62. The van der Waals surface area contributed by atoms with Crippen LogP contribution in [0.3, 0.4) is 0 Å². The molecule has 0 aromatic heterocycles. The van der Waals surface area contributed by atoms with Gasteiger partial charge in [0.05, 0.1) is 4.05 Å². The van der Waals surface area contributed by atoms with E-state index in [-0.39, 0.29) is 0 Å². The Balaban J connectivity index is 2.15. The summed E-state index contributed by atoms with van der Waals surface area (Å²) in [7, 11) is 0. The fourth-order valence-electron chi connectivity index (χ4n) is 1.80. The highest BCUT2D eigenvalue weighted by atomic mass is 127. The van der Waals surface area contributed by atoms with Gasteiger partial charge in [-0.3, -0.25) is 0 Å². The monoisotopic (exact) mass is 287 g/mol. The normalized spacial score (nSPS) is 23.2. The van der Waals surface area contributed by atoms with E-state index >= 15 is 0 Å². The molecule has 2 heteroatoms. The second kappa shape index (κ2) is 4.31. The van der Waals surface area contributed by atoms with Gasteiger partial charge in [0.2, 0.25) is 0 Å². The van der Waals surface area contributed by atoms with Gasteiger partial charge in [-0.2, -0.15) is 0 Å². The first-order valence-electron chi connectivity index (χ1n) is 4.84. The Labute approximate surface area is 93.3 Å². The highest BCUT2D eigenvalue weighted by molar-refractivity contribution is 14.1. The summed E-state index contributed by atoms with van der Waals surface area (Å²) < 4.78 is 0.689. The quantitative estimate of drug-likeness (QED) is 0.434. The van der Waals surface area contributed by atoms with Gasteiger partial charge in [0.15, 0.2) is 0 Å². The standard InChI is InChI=1S/C11H14IN/c12-11-8-4-5-9-13(11)10-6-2-1-3-7-10/h1-3,6-7,11H,4-5,8-9H2. The molecule has 13 heavy (non-hydrogen) atoms. The van der Waals surface area contributed by atoms with Crippen LogP contribution in [0.1, 0.15) is 19.3 Å². The minimum atomic E-state index is 0.689. The van der Waals surface area contributed by atoms with Crippen molar-refractivity contribution in [2.75, 3.05) is 11.4 Å². The second-order valence-corrected chi connectivity index (χ2v) is 4.90. The highest BCUT2D eigenvalue weighted by Crippen LogP contribution is 2.27. The van der Waals surface area contributed by atoms with Crippen LogP contribution < -0.4 is 4.90 Å². The predicted molar refractivity (Wildman–Crippen MR) is 65.4 cm³/mol. The Kier molecular flexibility index (Phi) is 3.09. The summed E-state index contributed by atoms with van der Waals surface area (Å²) in [6.07, 6.45) is 4.06. The SMILES string of the molecule is IC1CCCCN1c1ccccc1. The minimum Gasteiger partial charge on any atom is -0.360 e. The van der Waals surface area contributed by atoms with Gasteiger partial charge in [0.25, 0.3) is 0 Å². The van der Waals surface area contributed by atoms with Crippen LogP contribution in [-0.2, 0) is 0 Å². The van der Waals surface area contributed by atoms with Crippen LogP contribution in [0.4, 0.5) is 5.69 Å². The molecular formula is C11H14IN. The van der Waals surface area contributed by atoms with Crippen molar-refractivity contribution in [1.82, 2.24) is 0 Å². The Morgan fingerprint density at radius 2 is 1.92 bits per heavy atom. The molecule has 0 N–H and O–H groups in total. The van der Waals surface area contributed by atoms with Gasteiger partial charge < -0.3 is 4.90 Å². The summed E-state index contributed by atoms with van der Waals surface area (Å²) in [5, 5.41) is 0. The molecule has 0 radical (unpaired) electrons. The molecule has 0 saturated carbocycles. The van der Waals surface area contributed by atoms with Crippen LogP contribution in [0.2, 0.25) is 0 Å². The van der Waals surface area contributed by atoms with Crippen molar-refractivity contribution in [2.45, 2.75) is 23.3 Å². The number of halogens is 1. The fourth-order valence-corrected chi connectivity index (χ4v) is 2.84. The third-order valence-corrected chi connectivity index (χ3v) is 3.81. The van der Waals surface area contributed by atoms with Gasteiger partial charge in [-0.15, -0.1) is 0 Å². The molecule has 1 atom stereocenters. The topological polar surface area (TPSA) is 3.24 Å². The van der Waals surface area contributed by atoms with Gasteiger partial charge in [0.1, 0.15) is 0 Å². The molecule has 1 saturated heterocycles. The summed E-state index contributed by atoms with van der Waals surface area (Å²) >= 11 is 2.55. The van der Waals surface area contributed by atoms with Crippen molar-refractivity contribution in [2.24, 2.45) is 0 Å². The number of hydrogen-bond acceptors (Lipinski definition) is 1. The van der Waals surface area contributed by atoms with Gasteiger partial charge in [0, 0.05) is 12.2 Å². The number of nitrogens with zero attached hydrogens (tertiary/aromatic N) is 1. The third kappa shape index (κ3) is 2.16. The number of rotatable bonds is 1. The molecule has 0 amide bonds. The lowest BCUT2D eigenvalue weighted by atomic mass is 10.1. The zero-order chi connectivity index (χ0) is 9.10. The maximum absolute atomic E-state index is 2.55. The molecule has 1 aliphatic heterocycles. The van der Waals surface area contributed by atoms with Gasteiger partial charge in [-0.05, 0) is 31.4 Å². The largest absolute Gasteiger partial charge is 0.360 e. The highest BCUT2D eigenvalue weighted by Gasteiger charge is 2.18. The van der Waals surface area contributed by atoms with Crippen molar-refractivity contribution in [3.05, 3.63) is 30.3 Å². The van der Waals surface area contributed by atoms with E-state index < -0.39 is 0 Å². The molecule has 70 valence electrons. The smallest absolute Gasteiger partial charge is 0.0809 e. The zero-order valence-corrected chi connectivity index (χ0v) is 9.78. The van der Waals surface area contributed by atoms with E-state index in [9.17, 15) is 0 Å². The lowest BCUT2D eigenvalue weighted by Crippen LogP contribution is -2.35. The van der Waals surface area contributed by atoms with E-state index in [0.717, 1.165) is 0 Å². The van der Waals surface area contributed by atoms with Crippen LogP contribution >= 0.6 is 22.6 Å². The molecule has 1 aromatic rings. The Morgan fingerprint density at radius 1 is 1.15 bits per heavy atom. The van der Waals surface area contributed by atoms with Crippen molar-refractivity contribution in [3.63, 3.8) is 0 Å². The molecule has 0 bridgehead atoms. The van der Waals surface area contributed by atoms with Crippen LogP contribution in [-0.4, -0.2) is 10.6 Å². The summed E-state index contributed by atoms with van der Waals surface area (Å²) in [6, 6.07) is 10.7. The summed E-state index contributed by atoms with van der Waals surface area (Å²) in [4.78, 5) is 2.50. The number of para-hydroxylation sites is 1. The molecule has 1 nitrogen and oxygen atoms in total. The van der Waals surface area contributed by atoms with Crippen LogP contribution in [0, 0.1) is 0 Å². The van der Waals surface area contributed by atoms with Crippen molar-refractivity contribution in [1.29, 1.82) is 0 Å². The van der Waals surface area contributed by atoms with Gasteiger partial charge >= 0.3 is 0 Å². The molecule has 1 heterocycles. The summed E-state index contributed by atoms with van der Waals surface area (Å²) in [6.45, 7) is 1.22. The van der Waals surface area contributed by atoms with Crippen LogP contribution in [0.15, 0.2) is 30.3 Å². The average molecular weight is 287 g/mol. The number of hydrogen-bond donors (Lipinski definition) is 0. The Hall–Kier alpha value is -0.250. The fraction of sp³-hybridized carbons (Fsp3) is 0.455. The predicted octanol–water partition coefficient (Wildman–Crippen LogP) is 3.44. The molecule has 1 aromatic carbocycles. The minimum absolute atomic E-state index is 0.689. The molecule has 1 unspecified atom stereocenters. The van der Waals surface area contributed by atoms with Gasteiger partial charge in [-0.1, -0.05) is 40.8 Å². The molecule has 1 fully saturated rings. The van der Waals surface area contributed by atoms with Crippen LogP contribution in [0.5, 0.6) is 0 Å². The van der Waals surface area contributed by atoms with E-state index in [4.69, 9.17) is 0 Å². The third-order valence-electron chi connectivity index (χ3n) is 2.52. The van der Waals surface area contributed by atoms with Crippen molar-refractivity contribution in [3.8, 4) is 0 Å². The maximum Gasteiger partial charge on any atom is 0.0809 e. The second-order valence-electron chi connectivity index (χ2n) is 3.46. The summed E-state index contributed by atoms with van der Waals surface area (Å²) in [5.74, 6) is 0. The van der Waals surface area contributed by atoms with Crippen LogP contribution in [0.25, 0.3) is 0 Å². The van der Waals surface area contributed by atoms with E-state index in [1.807, 2.05) is 0 Å². The summed E-state index contributed by atoms with van der Waals surface area (Å²) in [5.41, 5.74) is 1.38. The first-order chi connectivity index (χ1) is 6.38. The number of piperidine rings is 1. The molecule has 0 spiro atoms. The Bertz CT molecular complexity index is 260. The van der Waals surface area contributed by atoms with E-state index in [1.165, 1.54) is 31.5 Å². The Morgan fingerprint density at radius 3 is 2.62 bits per heavy atom. The lowest BCUT2D eigenvalue weighted by Gasteiger charge is -2.34. The van der Waals surface area contributed by atoms with E-state index in [0.29, 0.717) is 4.05 Å². The number of benzene rings is 1. The van der Waals surface area contributed by atoms with Crippen molar-refractivity contribution < 1.29 is 0 Å². The van der Waals surface area contributed by atoms with E-state index in [1.54, 1.807) is 0 Å². The first kappa shape index (κ1) is 9.31. The van der Waals surface area contributed by atoms with Crippen molar-refractivity contribution >= 4 is 28.3 Å². The molecule has 0 aliphatic carbocycles. The maximum atomic E-state index is 2.55. The number of alkyl halides is 1. The van der Waals surface area contributed by atoms with Gasteiger partial charge in [-0.25, -0.2) is 0 Å². The molecule has 1 aliphatic rings. The molecular weight excluding hydrogens is 273 g/mol. The molecule has 2 rings (SSSR count). The lowest BCUT2D eigenvalue weighted by molar-refractivity contribution is 0.564. The average Bonchev–Trinajstić information content (AvgIpc) is 2.20. The number of anilines is 1. The first-order valence-corrected chi connectivity index (χ1v) is 6.08. The van der Waals surface area contributed by atoms with E-state index in [2.05, 4.69) is 57.8 Å².